The highest BCUT2D eigenvalue weighted by molar-refractivity contribution is 6.00. The van der Waals surface area contributed by atoms with Gasteiger partial charge in [0.05, 0.1) is 19.1 Å². The van der Waals surface area contributed by atoms with Crippen LogP contribution in [-0.2, 0) is 27.2 Å². The number of nitrogens with one attached hydrogen (secondary N) is 3. The highest BCUT2D eigenvalue weighted by atomic mass is 16.5. The summed E-state index contributed by atoms with van der Waals surface area (Å²) in [6.45, 7) is 7.99. The Morgan fingerprint density at radius 3 is 2.44 bits per heavy atom. The molecule has 0 spiro atoms. The molecule has 3 aromatic rings. The first-order chi connectivity index (χ1) is 18.6. The predicted octanol–water partition coefficient (Wildman–Crippen LogP) is 4.51. The molecule has 208 valence electrons. The fourth-order valence-electron chi connectivity index (χ4n) is 4.00. The lowest BCUT2D eigenvalue weighted by Crippen LogP contribution is -2.34. The molecule has 0 radical (unpaired) electrons. The molecule has 0 bridgehead atoms. The summed E-state index contributed by atoms with van der Waals surface area (Å²) in [6, 6.07) is 14.8. The molecule has 10 nitrogen and oxygen atoms in total. The Morgan fingerprint density at radius 1 is 1.05 bits per heavy atom. The van der Waals surface area contributed by atoms with E-state index in [0.29, 0.717) is 23.6 Å². The van der Waals surface area contributed by atoms with E-state index in [1.807, 2.05) is 31.2 Å². The van der Waals surface area contributed by atoms with Crippen LogP contribution < -0.4 is 21.7 Å². The molecule has 1 aromatic heterocycles. The number of para-hydroxylation sites is 1. The minimum atomic E-state index is -0.852. The maximum Gasteiger partial charge on any atom is 0.323 e. The van der Waals surface area contributed by atoms with Gasteiger partial charge in [-0.05, 0) is 55.5 Å². The zero-order valence-corrected chi connectivity index (χ0v) is 22.8. The van der Waals surface area contributed by atoms with Crippen molar-refractivity contribution < 1.29 is 23.6 Å². The Hall–Kier alpha value is -4.18. The zero-order chi connectivity index (χ0) is 28.4. The summed E-state index contributed by atoms with van der Waals surface area (Å²) in [5.41, 5.74) is 9.56. The molecule has 0 saturated heterocycles. The number of rotatable bonds is 12. The maximum atomic E-state index is 12.9. The van der Waals surface area contributed by atoms with Gasteiger partial charge in [0.25, 0.3) is 0 Å². The van der Waals surface area contributed by atoms with Crippen molar-refractivity contribution in [1.82, 2.24) is 10.5 Å². The SMILES string of the molecule is CCOC(=O)C(N)Cc1cc(C(CC(C)C)NC(=O)Cc2ccc(NC(=O)Nc3ccccc3C)cc2)no1. The minimum Gasteiger partial charge on any atom is -0.465 e. The van der Waals surface area contributed by atoms with Crippen LogP contribution in [0.15, 0.2) is 59.1 Å². The van der Waals surface area contributed by atoms with Gasteiger partial charge in [-0.3, -0.25) is 9.59 Å². The van der Waals surface area contributed by atoms with Crippen molar-refractivity contribution in [3.63, 3.8) is 0 Å². The summed E-state index contributed by atoms with van der Waals surface area (Å²) in [5.74, 6) is 0.0542. The van der Waals surface area contributed by atoms with Crippen LogP contribution in [0.25, 0.3) is 0 Å². The molecular weight excluding hydrogens is 498 g/mol. The van der Waals surface area contributed by atoms with Crippen LogP contribution in [0.5, 0.6) is 0 Å². The fourth-order valence-corrected chi connectivity index (χ4v) is 4.00. The fraction of sp³-hybridized carbons (Fsp3) is 0.379. The number of carbonyl (C=O) groups is 3. The number of nitrogens with two attached hydrogens (primary N) is 1. The molecule has 10 heteroatoms. The Balaban J connectivity index is 1.56. The van der Waals surface area contributed by atoms with Gasteiger partial charge >= 0.3 is 12.0 Å². The Morgan fingerprint density at radius 2 is 1.77 bits per heavy atom. The standard InChI is InChI=1S/C29H37N5O5/c1-5-38-28(36)23(30)16-22-17-26(34-39-22)25(14-18(2)3)32-27(35)15-20-10-12-21(13-11-20)31-29(37)33-24-9-7-6-8-19(24)4/h6-13,17-18,23,25H,5,14-16,30H2,1-4H3,(H,32,35)(H2,31,33,37). The molecule has 2 unspecified atom stereocenters. The summed E-state index contributed by atoms with van der Waals surface area (Å²) < 4.78 is 10.3. The first-order valence-corrected chi connectivity index (χ1v) is 13.0. The number of urea groups is 1. The number of carbonyl (C=O) groups excluding carboxylic acids is 3. The molecule has 2 atom stereocenters. The molecule has 0 aliphatic rings. The number of amides is 3. The van der Waals surface area contributed by atoms with E-state index < -0.39 is 12.0 Å². The quantitative estimate of drug-likeness (QED) is 0.249. The third-order valence-electron chi connectivity index (χ3n) is 5.96. The lowest BCUT2D eigenvalue weighted by Gasteiger charge is -2.18. The number of aromatic nitrogens is 1. The van der Waals surface area contributed by atoms with Crippen molar-refractivity contribution in [2.24, 2.45) is 11.7 Å². The van der Waals surface area contributed by atoms with E-state index in [0.717, 1.165) is 16.8 Å². The summed E-state index contributed by atoms with van der Waals surface area (Å²) in [7, 11) is 0. The van der Waals surface area contributed by atoms with Crippen molar-refractivity contribution in [3.8, 4) is 0 Å². The Kier molecular flexibility index (Phi) is 10.6. The Labute approximate surface area is 228 Å². The topological polar surface area (TPSA) is 149 Å². The van der Waals surface area contributed by atoms with Crippen LogP contribution in [0.4, 0.5) is 16.2 Å². The molecule has 0 aliphatic heterocycles. The normalized spacial score (nSPS) is 12.5. The molecule has 5 N–H and O–H groups in total. The smallest absolute Gasteiger partial charge is 0.323 e. The second-order valence-corrected chi connectivity index (χ2v) is 9.80. The van der Waals surface area contributed by atoms with E-state index in [2.05, 4.69) is 35.0 Å². The average molecular weight is 536 g/mol. The number of ether oxygens (including phenoxy) is 1. The van der Waals surface area contributed by atoms with Gasteiger partial charge in [0, 0.05) is 23.9 Å². The predicted molar refractivity (Wildman–Crippen MR) is 149 cm³/mol. The number of hydrogen-bond donors (Lipinski definition) is 4. The number of anilines is 2. The molecule has 2 aromatic carbocycles. The third-order valence-corrected chi connectivity index (χ3v) is 5.96. The zero-order valence-electron chi connectivity index (χ0n) is 22.8. The molecular formula is C29H37N5O5. The number of esters is 1. The molecule has 1 heterocycles. The van der Waals surface area contributed by atoms with Gasteiger partial charge < -0.3 is 30.9 Å². The van der Waals surface area contributed by atoms with Gasteiger partial charge in [-0.2, -0.15) is 0 Å². The summed E-state index contributed by atoms with van der Waals surface area (Å²) in [4.78, 5) is 37.0. The van der Waals surface area contributed by atoms with E-state index >= 15 is 0 Å². The lowest BCUT2D eigenvalue weighted by atomic mass is 10.00. The molecule has 0 saturated carbocycles. The first-order valence-electron chi connectivity index (χ1n) is 13.0. The van der Waals surface area contributed by atoms with Gasteiger partial charge in [-0.15, -0.1) is 0 Å². The van der Waals surface area contributed by atoms with E-state index in [1.54, 1.807) is 37.3 Å². The highest BCUT2D eigenvalue weighted by Gasteiger charge is 2.23. The first kappa shape index (κ1) is 29.4. The minimum absolute atomic E-state index is 0.150. The molecule has 3 rings (SSSR count). The maximum absolute atomic E-state index is 12.9. The van der Waals surface area contributed by atoms with Gasteiger partial charge in [0.2, 0.25) is 5.91 Å². The summed E-state index contributed by atoms with van der Waals surface area (Å²) in [6.07, 6.45) is 0.959. The van der Waals surface area contributed by atoms with Crippen molar-refractivity contribution in [2.45, 2.75) is 59.0 Å². The van der Waals surface area contributed by atoms with Crippen molar-refractivity contribution in [3.05, 3.63) is 77.2 Å². The second-order valence-electron chi connectivity index (χ2n) is 9.80. The van der Waals surface area contributed by atoms with E-state index in [-0.39, 0.29) is 43.3 Å². The van der Waals surface area contributed by atoms with Crippen molar-refractivity contribution >= 4 is 29.3 Å². The van der Waals surface area contributed by atoms with E-state index in [4.69, 9.17) is 15.0 Å². The van der Waals surface area contributed by atoms with Gasteiger partial charge in [-0.1, -0.05) is 49.3 Å². The van der Waals surface area contributed by atoms with Crippen molar-refractivity contribution in [2.75, 3.05) is 17.2 Å². The second kappa shape index (κ2) is 14.1. The largest absolute Gasteiger partial charge is 0.465 e. The van der Waals surface area contributed by atoms with Crippen LogP contribution in [0, 0.1) is 12.8 Å². The van der Waals surface area contributed by atoms with Crippen LogP contribution in [-0.4, -0.2) is 35.7 Å². The van der Waals surface area contributed by atoms with Gasteiger partial charge in [0.1, 0.15) is 17.5 Å². The highest BCUT2D eigenvalue weighted by Crippen LogP contribution is 2.22. The van der Waals surface area contributed by atoms with Crippen LogP contribution in [0.1, 0.15) is 55.8 Å². The van der Waals surface area contributed by atoms with Gasteiger partial charge in [-0.25, -0.2) is 4.79 Å². The summed E-state index contributed by atoms with van der Waals surface area (Å²) >= 11 is 0. The molecule has 3 amide bonds. The average Bonchev–Trinajstić information content (AvgIpc) is 3.34. The van der Waals surface area contributed by atoms with E-state index in [9.17, 15) is 14.4 Å². The molecule has 39 heavy (non-hydrogen) atoms. The third kappa shape index (κ3) is 9.26. The van der Waals surface area contributed by atoms with Crippen LogP contribution in [0.3, 0.4) is 0 Å². The molecule has 0 aliphatic carbocycles. The van der Waals surface area contributed by atoms with Crippen LogP contribution in [0.2, 0.25) is 0 Å². The number of nitrogens with zero attached hydrogens (tertiary/aromatic N) is 1. The Bertz CT molecular complexity index is 1250. The van der Waals surface area contributed by atoms with Crippen LogP contribution >= 0.6 is 0 Å². The van der Waals surface area contributed by atoms with E-state index in [1.165, 1.54) is 0 Å². The van der Waals surface area contributed by atoms with Crippen molar-refractivity contribution in [1.29, 1.82) is 0 Å². The number of benzene rings is 2. The summed E-state index contributed by atoms with van der Waals surface area (Å²) in [5, 5.41) is 12.8. The number of hydrogen-bond acceptors (Lipinski definition) is 7. The lowest BCUT2D eigenvalue weighted by molar-refractivity contribution is -0.144. The monoisotopic (exact) mass is 535 g/mol. The number of aryl methyl sites for hydroxylation is 1. The molecule has 0 fully saturated rings. The van der Waals surface area contributed by atoms with Gasteiger partial charge in [0.15, 0.2) is 0 Å².